The number of aryl methyl sites for hydroxylation is 1. The Labute approximate surface area is 118 Å². The monoisotopic (exact) mass is 274 g/mol. The number of nitrogens with one attached hydrogen (secondary N) is 1. The zero-order valence-electron chi connectivity index (χ0n) is 12.0. The Morgan fingerprint density at radius 3 is 2.80 bits per heavy atom. The van der Waals surface area contributed by atoms with Crippen LogP contribution in [0.4, 0.5) is 4.39 Å². The molecule has 0 aliphatic carbocycles. The second kappa shape index (κ2) is 6.48. The number of benzene rings is 1. The number of ether oxygens (including phenoxy) is 1. The summed E-state index contributed by atoms with van der Waals surface area (Å²) in [6.07, 6.45) is 1.70. The van der Waals surface area contributed by atoms with Crippen LogP contribution in [-0.2, 0) is 6.54 Å². The molecular formula is C16H19FN2O. The standard InChI is InChI=1S/C16H19FN2O/c1-11(2)19-10-13-6-7-18-16(8-13)20-15-9-14(17)5-4-12(15)3/h4-9,11,19H,10H2,1-3H3. The van der Waals surface area contributed by atoms with Gasteiger partial charge in [0.2, 0.25) is 5.88 Å². The van der Waals surface area contributed by atoms with Crippen LogP contribution in [0.3, 0.4) is 0 Å². The Hall–Kier alpha value is -1.94. The molecule has 0 amide bonds. The fourth-order valence-corrected chi connectivity index (χ4v) is 1.73. The first-order chi connectivity index (χ1) is 9.54. The third-order valence-corrected chi connectivity index (χ3v) is 2.88. The number of halogens is 1. The maximum absolute atomic E-state index is 13.2. The largest absolute Gasteiger partial charge is 0.439 e. The molecule has 2 aromatic rings. The van der Waals surface area contributed by atoms with E-state index in [1.54, 1.807) is 12.3 Å². The molecule has 0 saturated heterocycles. The van der Waals surface area contributed by atoms with Crippen LogP contribution >= 0.6 is 0 Å². The van der Waals surface area contributed by atoms with Crippen molar-refractivity contribution in [3.8, 4) is 11.6 Å². The Morgan fingerprint density at radius 2 is 2.05 bits per heavy atom. The van der Waals surface area contributed by atoms with E-state index in [-0.39, 0.29) is 5.82 Å². The molecule has 4 heteroatoms. The minimum absolute atomic E-state index is 0.316. The lowest BCUT2D eigenvalue weighted by Crippen LogP contribution is -2.21. The van der Waals surface area contributed by atoms with Gasteiger partial charge in [0.25, 0.3) is 0 Å². The molecule has 20 heavy (non-hydrogen) atoms. The SMILES string of the molecule is Cc1ccc(F)cc1Oc1cc(CNC(C)C)ccn1. The van der Waals surface area contributed by atoms with Crippen LogP contribution in [0.2, 0.25) is 0 Å². The minimum Gasteiger partial charge on any atom is -0.439 e. The van der Waals surface area contributed by atoms with Crippen molar-refractivity contribution in [3.63, 3.8) is 0 Å². The molecule has 1 aromatic heterocycles. The van der Waals surface area contributed by atoms with E-state index in [2.05, 4.69) is 24.1 Å². The van der Waals surface area contributed by atoms with Crippen molar-refractivity contribution >= 4 is 0 Å². The van der Waals surface area contributed by atoms with Crippen molar-refractivity contribution in [2.24, 2.45) is 0 Å². The van der Waals surface area contributed by atoms with Crippen LogP contribution in [0.1, 0.15) is 25.0 Å². The lowest BCUT2D eigenvalue weighted by atomic mass is 10.2. The summed E-state index contributed by atoms with van der Waals surface area (Å²) in [6, 6.07) is 8.68. The van der Waals surface area contributed by atoms with Gasteiger partial charge in [0.15, 0.2) is 0 Å². The molecule has 0 atom stereocenters. The minimum atomic E-state index is -0.316. The normalized spacial score (nSPS) is 10.8. The Balaban J connectivity index is 2.13. The zero-order valence-corrected chi connectivity index (χ0v) is 12.0. The number of hydrogen-bond donors (Lipinski definition) is 1. The first-order valence-corrected chi connectivity index (χ1v) is 6.67. The molecule has 0 radical (unpaired) electrons. The summed E-state index contributed by atoms with van der Waals surface area (Å²) in [5.74, 6) is 0.649. The summed E-state index contributed by atoms with van der Waals surface area (Å²) < 4.78 is 18.9. The summed E-state index contributed by atoms with van der Waals surface area (Å²) in [6.45, 7) is 6.81. The number of rotatable bonds is 5. The predicted molar refractivity (Wildman–Crippen MR) is 77.4 cm³/mol. The summed E-state index contributed by atoms with van der Waals surface area (Å²) in [5.41, 5.74) is 1.96. The van der Waals surface area contributed by atoms with Crippen molar-refractivity contribution < 1.29 is 9.13 Å². The highest BCUT2D eigenvalue weighted by Crippen LogP contribution is 2.24. The van der Waals surface area contributed by atoms with E-state index < -0.39 is 0 Å². The first kappa shape index (κ1) is 14.5. The highest BCUT2D eigenvalue weighted by atomic mass is 19.1. The average molecular weight is 274 g/mol. The van der Waals surface area contributed by atoms with Crippen LogP contribution in [0.15, 0.2) is 36.5 Å². The van der Waals surface area contributed by atoms with Crippen molar-refractivity contribution in [3.05, 3.63) is 53.5 Å². The van der Waals surface area contributed by atoms with Crippen LogP contribution in [0, 0.1) is 12.7 Å². The fraction of sp³-hybridized carbons (Fsp3) is 0.312. The molecule has 3 nitrogen and oxygen atoms in total. The van der Waals surface area contributed by atoms with Crippen molar-refractivity contribution in [2.45, 2.75) is 33.4 Å². The van der Waals surface area contributed by atoms with E-state index in [0.29, 0.717) is 17.7 Å². The Kier molecular flexibility index (Phi) is 4.69. The van der Waals surface area contributed by atoms with Gasteiger partial charge in [-0.2, -0.15) is 0 Å². The van der Waals surface area contributed by atoms with Crippen molar-refractivity contribution in [1.82, 2.24) is 10.3 Å². The van der Waals surface area contributed by atoms with Gasteiger partial charge in [-0.3, -0.25) is 0 Å². The molecule has 0 spiro atoms. The number of hydrogen-bond acceptors (Lipinski definition) is 3. The van der Waals surface area contributed by atoms with Crippen LogP contribution < -0.4 is 10.1 Å². The number of nitrogens with zero attached hydrogens (tertiary/aromatic N) is 1. The highest BCUT2D eigenvalue weighted by Gasteiger charge is 2.05. The summed E-state index contributed by atoms with van der Waals surface area (Å²) >= 11 is 0. The van der Waals surface area contributed by atoms with Gasteiger partial charge in [-0.15, -0.1) is 0 Å². The molecule has 2 rings (SSSR count). The summed E-state index contributed by atoms with van der Waals surface area (Å²) in [4.78, 5) is 4.16. The molecule has 0 aliphatic heterocycles. The van der Waals surface area contributed by atoms with Crippen LogP contribution in [-0.4, -0.2) is 11.0 Å². The maximum atomic E-state index is 13.2. The van der Waals surface area contributed by atoms with Gasteiger partial charge in [0.05, 0.1) is 0 Å². The third kappa shape index (κ3) is 4.03. The average Bonchev–Trinajstić information content (AvgIpc) is 2.41. The van der Waals surface area contributed by atoms with E-state index >= 15 is 0 Å². The molecule has 1 heterocycles. The van der Waals surface area contributed by atoms with E-state index in [4.69, 9.17) is 4.74 Å². The van der Waals surface area contributed by atoms with Gasteiger partial charge in [0, 0.05) is 30.9 Å². The van der Waals surface area contributed by atoms with Gasteiger partial charge >= 0.3 is 0 Å². The van der Waals surface area contributed by atoms with E-state index in [9.17, 15) is 4.39 Å². The number of pyridine rings is 1. The molecule has 0 fully saturated rings. The molecule has 0 bridgehead atoms. The highest BCUT2D eigenvalue weighted by molar-refractivity contribution is 5.36. The van der Waals surface area contributed by atoms with Gasteiger partial charge < -0.3 is 10.1 Å². The second-order valence-electron chi connectivity index (χ2n) is 5.05. The second-order valence-corrected chi connectivity index (χ2v) is 5.05. The molecule has 1 aromatic carbocycles. The van der Waals surface area contributed by atoms with Gasteiger partial charge in [0.1, 0.15) is 11.6 Å². The maximum Gasteiger partial charge on any atom is 0.219 e. The van der Waals surface area contributed by atoms with Crippen molar-refractivity contribution in [2.75, 3.05) is 0 Å². The lowest BCUT2D eigenvalue weighted by molar-refractivity contribution is 0.453. The summed E-state index contributed by atoms with van der Waals surface area (Å²) in [5, 5.41) is 3.33. The smallest absolute Gasteiger partial charge is 0.219 e. The predicted octanol–water partition coefficient (Wildman–Crippen LogP) is 3.82. The molecule has 0 aliphatic rings. The lowest BCUT2D eigenvalue weighted by Gasteiger charge is -2.11. The quantitative estimate of drug-likeness (QED) is 0.900. The van der Waals surface area contributed by atoms with E-state index in [1.165, 1.54) is 12.1 Å². The first-order valence-electron chi connectivity index (χ1n) is 6.67. The number of aromatic nitrogens is 1. The van der Waals surface area contributed by atoms with Gasteiger partial charge in [-0.05, 0) is 30.2 Å². The van der Waals surface area contributed by atoms with Crippen LogP contribution in [0.5, 0.6) is 11.6 Å². The topological polar surface area (TPSA) is 34.1 Å². The van der Waals surface area contributed by atoms with Crippen LogP contribution in [0.25, 0.3) is 0 Å². The molecular weight excluding hydrogens is 255 g/mol. The molecule has 106 valence electrons. The van der Waals surface area contributed by atoms with E-state index in [0.717, 1.165) is 17.7 Å². The summed E-state index contributed by atoms with van der Waals surface area (Å²) in [7, 11) is 0. The molecule has 1 N–H and O–H groups in total. The van der Waals surface area contributed by atoms with Crippen molar-refractivity contribution in [1.29, 1.82) is 0 Å². The third-order valence-electron chi connectivity index (χ3n) is 2.88. The molecule has 0 saturated carbocycles. The fourth-order valence-electron chi connectivity index (χ4n) is 1.73. The van der Waals surface area contributed by atoms with Gasteiger partial charge in [-0.1, -0.05) is 19.9 Å². The molecule has 0 unspecified atom stereocenters. The Bertz CT molecular complexity index is 584. The van der Waals surface area contributed by atoms with E-state index in [1.807, 2.05) is 19.1 Å². The van der Waals surface area contributed by atoms with Gasteiger partial charge in [-0.25, -0.2) is 9.37 Å². The zero-order chi connectivity index (χ0) is 14.5. The Morgan fingerprint density at radius 1 is 1.25 bits per heavy atom.